The number of rotatable bonds is 3. The maximum atomic E-state index is 13.9. The Balaban J connectivity index is 1.73. The molecule has 1 atom stereocenters. The topological polar surface area (TPSA) is 74.8 Å². The number of amides is 2. The number of hydrogen-bond acceptors (Lipinski definition) is 4. The number of carbonyl (C=O) groups excluding carboxylic acids is 2. The van der Waals surface area contributed by atoms with Crippen LogP contribution in [0.5, 0.6) is 0 Å². The minimum atomic E-state index is -4.36. The Bertz CT molecular complexity index is 1430. The molecule has 0 saturated carbocycles. The summed E-state index contributed by atoms with van der Waals surface area (Å²) >= 11 is 5.90. The van der Waals surface area contributed by atoms with Gasteiger partial charge in [0.25, 0.3) is 10.8 Å². The molecule has 1 unspecified atom stereocenters. The zero-order valence-corrected chi connectivity index (χ0v) is 18.4. The summed E-state index contributed by atoms with van der Waals surface area (Å²) in [6.45, 7) is -0.0421. The third-order valence-electron chi connectivity index (χ3n) is 5.84. The lowest BCUT2D eigenvalue weighted by Crippen LogP contribution is -2.54. The molecule has 2 aliphatic rings. The van der Waals surface area contributed by atoms with Crippen LogP contribution in [-0.2, 0) is 30.8 Å². The van der Waals surface area contributed by atoms with Gasteiger partial charge in [0, 0.05) is 11.3 Å². The smallest absolute Gasteiger partial charge is 0.274 e. The normalized spacial score (nSPS) is 21.2. The van der Waals surface area contributed by atoms with Crippen LogP contribution in [0.4, 0.5) is 20.2 Å². The average molecular weight is 489 g/mol. The predicted molar refractivity (Wildman–Crippen MR) is 118 cm³/mol. The van der Waals surface area contributed by atoms with E-state index < -0.39 is 43.9 Å². The van der Waals surface area contributed by atoms with E-state index in [9.17, 15) is 26.8 Å². The summed E-state index contributed by atoms with van der Waals surface area (Å²) in [5.74, 6) is -3.78. The van der Waals surface area contributed by atoms with Crippen LogP contribution < -0.4 is 9.80 Å². The molecule has 5 rings (SSSR count). The lowest BCUT2D eigenvalue weighted by Gasteiger charge is -2.32. The Labute approximate surface area is 192 Å². The predicted octanol–water partition coefficient (Wildman–Crippen LogP) is 3.78. The lowest BCUT2D eigenvalue weighted by atomic mass is 10.0. The van der Waals surface area contributed by atoms with Crippen LogP contribution in [-0.4, -0.2) is 26.0 Å². The molecule has 1 fully saturated rings. The van der Waals surface area contributed by atoms with E-state index in [1.807, 2.05) is 0 Å². The highest BCUT2D eigenvalue weighted by atomic mass is 35.5. The molecule has 10 heteroatoms. The van der Waals surface area contributed by atoms with Crippen molar-refractivity contribution in [2.45, 2.75) is 11.4 Å². The van der Waals surface area contributed by atoms with E-state index >= 15 is 0 Å². The Hall–Kier alpha value is -3.30. The maximum Gasteiger partial charge on any atom is 0.274 e. The van der Waals surface area contributed by atoms with E-state index in [1.165, 1.54) is 41.3 Å². The van der Waals surface area contributed by atoms with Gasteiger partial charge >= 0.3 is 0 Å². The first-order chi connectivity index (χ1) is 15.7. The van der Waals surface area contributed by atoms with Gasteiger partial charge in [0.2, 0.25) is 5.91 Å². The van der Waals surface area contributed by atoms with Gasteiger partial charge in [-0.15, -0.1) is 0 Å². The van der Waals surface area contributed by atoms with Crippen molar-refractivity contribution in [1.29, 1.82) is 0 Å². The van der Waals surface area contributed by atoms with Crippen LogP contribution in [0.15, 0.2) is 66.7 Å². The number of sulfone groups is 1. The molecule has 2 amide bonds. The Morgan fingerprint density at radius 3 is 2.36 bits per heavy atom. The largest absolute Gasteiger partial charge is 0.304 e. The summed E-state index contributed by atoms with van der Waals surface area (Å²) in [7, 11) is -4.36. The summed E-state index contributed by atoms with van der Waals surface area (Å²) in [6, 6.07) is 15.1. The number of hydrogen-bond donors (Lipinski definition) is 0. The molecule has 3 aromatic rings. The second kappa shape index (κ2) is 7.36. The summed E-state index contributed by atoms with van der Waals surface area (Å²) in [5.41, 5.74) is 0.973. The van der Waals surface area contributed by atoms with Crippen LogP contribution in [0.1, 0.15) is 11.1 Å². The highest BCUT2D eigenvalue weighted by molar-refractivity contribution is 7.94. The fourth-order valence-corrected chi connectivity index (χ4v) is 6.65. The van der Waals surface area contributed by atoms with Crippen molar-refractivity contribution in [2.75, 3.05) is 15.6 Å². The number of anilines is 2. The van der Waals surface area contributed by atoms with Crippen LogP contribution >= 0.6 is 11.6 Å². The SMILES string of the molecule is O=C1CS(=O)(=O)C2(C(=O)N(Cc3ccc(F)cc3)c3ccccc32)N1c1ccc(F)c(Cl)c1. The van der Waals surface area contributed by atoms with Crippen LogP contribution in [0.3, 0.4) is 0 Å². The molecule has 6 nitrogen and oxygen atoms in total. The Morgan fingerprint density at radius 2 is 1.67 bits per heavy atom. The molecule has 33 heavy (non-hydrogen) atoms. The highest BCUT2D eigenvalue weighted by Gasteiger charge is 2.69. The van der Waals surface area contributed by atoms with Gasteiger partial charge < -0.3 is 4.90 Å². The first-order valence-corrected chi connectivity index (χ1v) is 11.9. The van der Waals surface area contributed by atoms with Crippen molar-refractivity contribution >= 4 is 44.6 Å². The molecule has 0 bridgehead atoms. The van der Waals surface area contributed by atoms with Crippen molar-refractivity contribution in [3.63, 3.8) is 0 Å². The van der Waals surface area contributed by atoms with Crippen molar-refractivity contribution < 1.29 is 26.8 Å². The van der Waals surface area contributed by atoms with E-state index in [0.717, 1.165) is 17.0 Å². The van der Waals surface area contributed by atoms with Crippen LogP contribution in [0.2, 0.25) is 5.02 Å². The van der Waals surface area contributed by atoms with Gasteiger partial charge in [-0.05, 0) is 42.0 Å². The fourth-order valence-electron chi connectivity index (χ4n) is 4.45. The maximum absolute atomic E-state index is 13.9. The van der Waals surface area contributed by atoms with E-state index in [4.69, 9.17) is 11.6 Å². The Morgan fingerprint density at radius 1 is 0.970 bits per heavy atom. The molecular formula is C23H15ClF2N2O4S. The van der Waals surface area contributed by atoms with Crippen molar-refractivity contribution in [2.24, 2.45) is 0 Å². The lowest BCUT2D eigenvalue weighted by molar-refractivity contribution is -0.123. The van der Waals surface area contributed by atoms with Crippen LogP contribution in [0.25, 0.3) is 0 Å². The van der Waals surface area contributed by atoms with E-state index in [1.54, 1.807) is 18.2 Å². The van der Waals surface area contributed by atoms with Crippen molar-refractivity contribution in [3.05, 3.63) is 94.5 Å². The van der Waals surface area contributed by atoms with E-state index in [2.05, 4.69) is 0 Å². The minimum Gasteiger partial charge on any atom is -0.304 e. The average Bonchev–Trinajstić information content (AvgIpc) is 3.14. The van der Waals surface area contributed by atoms with Crippen LogP contribution in [0, 0.1) is 11.6 Å². The number of nitrogens with zero attached hydrogens (tertiary/aromatic N) is 2. The first kappa shape index (κ1) is 21.5. The zero-order chi connectivity index (χ0) is 23.5. The molecule has 0 aromatic heterocycles. The molecule has 3 aromatic carbocycles. The number of carbonyl (C=O) groups is 2. The van der Waals surface area contributed by atoms with Gasteiger partial charge in [-0.25, -0.2) is 17.2 Å². The summed E-state index contributed by atoms with van der Waals surface area (Å²) in [6.07, 6.45) is 0. The highest BCUT2D eigenvalue weighted by Crippen LogP contribution is 2.53. The molecule has 0 N–H and O–H groups in total. The standard InChI is InChI=1S/C23H15ClF2N2O4S/c24-18-11-16(9-10-19(18)26)28-21(29)13-33(31,32)23(28)17-3-1-2-4-20(17)27(22(23)30)12-14-5-7-15(25)8-6-14/h1-11H,12-13H2. The first-order valence-electron chi connectivity index (χ1n) is 9.83. The van der Waals surface area contributed by atoms with Gasteiger partial charge in [-0.2, -0.15) is 0 Å². The number of benzene rings is 3. The zero-order valence-electron chi connectivity index (χ0n) is 16.8. The second-order valence-corrected chi connectivity index (χ2v) is 10.3. The molecule has 1 saturated heterocycles. The fraction of sp³-hybridized carbons (Fsp3) is 0.130. The molecule has 1 spiro atoms. The minimum absolute atomic E-state index is 0.0146. The van der Waals surface area contributed by atoms with Gasteiger partial charge in [0.1, 0.15) is 17.4 Å². The quantitative estimate of drug-likeness (QED) is 0.562. The summed E-state index contributed by atoms with van der Waals surface area (Å²) < 4.78 is 54.1. The number of halogens is 3. The van der Waals surface area contributed by atoms with Gasteiger partial charge in [0.05, 0.1) is 17.3 Å². The summed E-state index contributed by atoms with van der Waals surface area (Å²) in [5, 5.41) is -0.318. The van der Waals surface area contributed by atoms with Gasteiger partial charge in [-0.3, -0.25) is 14.5 Å². The second-order valence-electron chi connectivity index (χ2n) is 7.77. The molecule has 2 heterocycles. The summed E-state index contributed by atoms with van der Waals surface area (Å²) in [4.78, 5) is 26.7. The molecule has 0 radical (unpaired) electrons. The number of para-hydroxylation sites is 1. The third-order valence-corrected chi connectivity index (χ3v) is 8.23. The van der Waals surface area contributed by atoms with Crippen molar-refractivity contribution in [3.8, 4) is 0 Å². The van der Waals surface area contributed by atoms with E-state index in [0.29, 0.717) is 11.3 Å². The monoisotopic (exact) mass is 488 g/mol. The Kier molecular flexibility index (Phi) is 4.80. The van der Waals surface area contributed by atoms with E-state index in [-0.39, 0.29) is 22.8 Å². The molecule has 0 aliphatic carbocycles. The molecule has 168 valence electrons. The van der Waals surface area contributed by atoms with Gasteiger partial charge in [-0.1, -0.05) is 41.9 Å². The molecule has 2 aliphatic heterocycles. The number of fused-ring (bicyclic) bond motifs is 2. The molecular weight excluding hydrogens is 474 g/mol. The third kappa shape index (κ3) is 2.99. The van der Waals surface area contributed by atoms with Crippen molar-refractivity contribution in [1.82, 2.24) is 0 Å². The van der Waals surface area contributed by atoms with Gasteiger partial charge in [0.15, 0.2) is 9.84 Å².